The summed E-state index contributed by atoms with van der Waals surface area (Å²) in [5.41, 5.74) is 1.94. The van der Waals surface area contributed by atoms with Crippen LogP contribution in [0.15, 0.2) is 36.1 Å². The van der Waals surface area contributed by atoms with Crippen LogP contribution in [0.1, 0.15) is 18.4 Å². The molecule has 1 N–H and O–H groups in total. The third-order valence-electron chi connectivity index (χ3n) is 2.76. The maximum absolute atomic E-state index is 10.0. The molecule has 1 aliphatic rings. The highest BCUT2D eigenvalue weighted by Crippen LogP contribution is 2.22. The fourth-order valence-electron chi connectivity index (χ4n) is 1.83. The lowest BCUT2D eigenvalue weighted by molar-refractivity contribution is 0.169. The number of hydrogen-bond acceptors (Lipinski definition) is 2. The SMILES string of the molecule is OC(Cc1ccccc1Cl)C1=COCCC1. The second-order valence-electron chi connectivity index (χ2n) is 3.98. The normalized spacial score (nSPS) is 17.5. The summed E-state index contributed by atoms with van der Waals surface area (Å²) in [6, 6.07) is 7.60. The highest BCUT2D eigenvalue weighted by Gasteiger charge is 2.15. The molecule has 86 valence electrons. The van der Waals surface area contributed by atoms with Crippen LogP contribution < -0.4 is 0 Å². The Hall–Kier alpha value is -0.990. The molecule has 0 saturated carbocycles. The molecule has 1 aromatic rings. The zero-order chi connectivity index (χ0) is 11.4. The van der Waals surface area contributed by atoms with Crippen LogP contribution in [0, 0.1) is 0 Å². The Morgan fingerprint density at radius 2 is 2.19 bits per heavy atom. The zero-order valence-corrected chi connectivity index (χ0v) is 9.78. The molecule has 0 aliphatic carbocycles. The molecule has 2 nitrogen and oxygen atoms in total. The molecule has 0 spiro atoms. The van der Waals surface area contributed by atoms with Gasteiger partial charge in [-0.3, -0.25) is 0 Å². The van der Waals surface area contributed by atoms with E-state index in [0.717, 1.165) is 30.6 Å². The van der Waals surface area contributed by atoms with E-state index in [0.29, 0.717) is 11.4 Å². The van der Waals surface area contributed by atoms with Gasteiger partial charge in [0.1, 0.15) is 0 Å². The first-order valence-electron chi connectivity index (χ1n) is 5.49. The minimum absolute atomic E-state index is 0.486. The van der Waals surface area contributed by atoms with Crippen molar-refractivity contribution >= 4 is 11.6 Å². The first kappa shape index (κ1) is 11.5. The Morgan fingerprint density at radius 3 is 2.88 bits per heavy atom. The van der Waals surface area contributed by atoms with E-state index in [9.17, 15) is 5.11 Å². The first-order chi connectivity index (χ1) is 7.77. The van der Waals surface area contributed by atoms with Gasteiger partial charge in [-0.2, -0.15) is 0 Å². The van der Waals surface area contributed by atoms with Crippen molar-refractivity contribution in [1.82, 2.24) is 0 Å². The largest absolute Gasteiger partial charge is 0.501 e. The van der Waals surface area contributed by atoms with Crippen LogP contribution in [0.5, 0.6) is 0 Å². The molecule has 1 heterocycles. The Balaban J connectivity index is 2.04. The lowest BCUT2D eigenvalue weighted by Gasteiger charge is -2.19. The number of halogens is 1. The molecule has 0 aromatic heterocycles. The number of aliphatic hydroxyl groups excluding tert-OH is 1. The maximum atomic E-state index is 10.0. The minimum Gasteiger partial charge on any atom is -0.501 e. The maximum Gasteiger partial charge on any atom is 0.0876 e. The quantitative estimate of drug-likeness (QED) is 0.878. The summed E-state index contributed by atoms with van der Waals surface area (Å²) < 4.78 is 5.22. The van der Waals surface area contributed by atoms with Gasteiger partial charge < -0.3 is 9.84 Å². The van der Waals surface area contributed by atoms with Crippen molar-refractivity contribution in [3.63, 3.8) is 0 Å². The molecule has 0 saturated heterocycles. The van der Waals surface area contributed by atoms with Crippen molar-refractivity contribution in [2.24, 2.45) is 0 Å². The molecule has 0 amide bonds. The number of hydrogen-bond donors (Lipinski definition) is 1. The van der Waals surface area contributed by atoms with Gasteiger partial charge in [0.25, 0.3) is 0 Å². The van der Waals surface area contributed by atoms with Crippen LogP contribution in [-0.4, -0.2) is 17.8 Å². The summed E-state index contributed by atoms with van der Waals surface area (Å²) in [5, 5.41) is 10.8. The second kappa shape index (κ2) is 5.37. The molecule has 0 bridgehead atoms. The Labute approximate surface area is 101 Å². The highest BCUT2D eigenvalue weighted by atomic mass is 35.5. The fourth-order valence-corrected chi connectivity index (χ4v) is 2.05. The van der Waals surface area contributed by atoms with E-state index in [-0.39, 0.29) is 0 Å². The predicted octanol–water partition coefficient (Wildman–Crippen LogP) is 2.94. The molecule has 3 heteroatoms. The summed E-state index contributed by atoms with van der Waals surface area (Å²) in [4.78, 5) is 0. The monoisotopic (exact) mass is 238 g/mol. The molecule has 0 fully saturated rings. The van der Waals surface area contributed by atoms with Gasteiger partial charge in [0.15, 0.2) is 0 Å². The summed E-state index contributed by atoms with van der Waals surface area (Å²) in [7, 11) is 0. The van der Waals surface area contributed by atoms with Gasteiger partial charge in [0.2, 0.25) is 0 Å². The lowest BCUT2D eigenvalue weighted by atomic mass is 9.98. The van der Waals surface area contributed by atoms with Crippen LogP contribution in [0.2, 0.25) is 5.02 Å². The van der Waals surface area contributed by atoms with E-state index >= 15 is 0 Å². The standard InChI is InChI=1S/C13H15ClO2/c14-12-6-2-1-4-10(12)8-13(15)11-5-3-7-16-9-11/h1-2,4,6,9,13,15H,3,5,7-8H2. The Morgan fingerprint density at radius 1 is 1.38 bits per heavy atom. The fraction of sp³-hybridized carbons (Fsp3) is 0.385. The van der Waals surface area contributed by atoms with E-state index < -0.39 is 6.10 Å². The van der Waals surface area contributed by atoms with Crippen molar-refractivity contribution in [2.45, 2.75) is 25.4 Å². The average Bonchev–Trinajstić information content (AvgIpc) is 2.33. The van der Waals surface area contributed by atoms with Crippen LogP contribution in [0.3, 0.4) is 0 Å². The molecule has 16 heavy (non-hydrogen) atoms. The first-order valence-corrected chi connectivity index (χ1v) is 5.87. The zero-order valence-electron chi connectivity index (χ0n) is 9.03. The van der Waals surface area contributed by atoms with Crippen LogP contribution >= 0.6 is 11.6 Å². The smallest absolute Gasteiger partial charge is 0.0876 e. The van der Waals surface area contributed by atoms with Gasteiger partial charge in [-0.25, -0.2) is 0 Å². The highest BCUT2D eigenvalue weighted by molar-refractivity contribution is 6.31. The average molecular weight is 239 g/mol. The molecular formula is C13H15ClO2. The third-order valence-corrected chi connectivity index (χ3v) is 3.13. The summed E-state index contributed by atoms with van der Waals surface area (Å²) >= 11 is 6.05. The number of aliphatic hydroxyl groups is 1. The van der Waals surface area contributed by atoms with Crippen molar-refractivity contribution < 1.29 is 9.84 Å². The lowest BCUT2D eigenvalue weighted by Crippen LogP contribution is -2.17. The third kappa shape index (κ3) is 2.77. The number of benzene rings is 1. The van der Waals surface area contributed by atoms with Crippen LogP contribution in [0.25, 0.3) is 0 Å². The molecular weight excluding hydrogens is 224 g/mol. The van der Waals surface area contributed by atoms with E-state index in [2.05, 4.69) is 0 Å². The molecule has 1 atom stereocenters. The summed E-state index contributed by atoms with van der Waals surface area (Å²) in [5.74, 6) is 0. The van der Waals surface area contributed by atoms with Gasteiger partial charge in [-0.1, -0.05) is 29.8 Å². The Kier molecular flexibility index (Phi) is 3.86. The van der Waals surface area contributed by atoms with Gasteiger partial charge in [-0.05, 0) is 30.0 Å². The van der Waals surface area contributed by atoms with E-state index in [1.54, 1.807) is 6.26 Å². The van der Waals surface area contributed by atoms with E-state index in [1.165, 1.54) is 0 Å². The molecule has 0 radical (unpaired) electrons. The molecule has 2 rings (SSSR count). The Bertz CT molecular complexity index is 387. The second-order valence-corrected chi connectivity index (χ2v) is 4.39. The van der Waals surface area contributed by atoms with E-state index in [4.69, 9.17) is 16.3 Å². The van der Waals surface area contributed by atoms with Crippen molar-refractivity contribution in [2.75, 3.05) is 6.61 Å². The topological polar surface area (TPSA) is 29.5 Å². The van der Waals surface area contributed by atoms with Gasteiger partial charge >= 0.3 is 0 Å². The van der Waals surface area contributed by atoms with Crippen LogP contribution in [-0.2, 0) is 11.2 Å². The van der Waals surface area contributed by atoms with Gasteiger partial charge in [-0.15, -0.1) is 0 Å². The van der Waals surface area contributed by atoms with Crippen molar-refractivity contribution in [3.05, 3.63) is 46.7 Å². The number of ether oxygens (including phenoxy) is 1. The summed E-state index contributed by atoms with van der Waals surface area (Å²) in [6.07, 6.45) is 3.64. The molecule has 1 unspecified atom stereocenters. The van der Waals surface area contributed by atoms with Crippen molar-refractivity contribution in [3.8, 4) is 0 Å². The van der Waals surface area contributed by atoms with Crippen molar-refractivity contribution in [1.29, 1.82) is 0 Å². The van der Waals surface area contributed by atoms with Gasteiger partial charge in [0.05, 0.1) is 19.0 Å². The minimum atomic E-state index is -0.486. The number of rotatable bonds is 3. The van der Waals surface area contributed by atoms with Gasteiger partial charge in [0, 0.05) is 11.4 Å². The predicted molar refractivity (Wildman–Crippen MR) is 64.4 cm³/mol. The van der Waals surface area contributed by atoms with E-state index in [1.807, 2.05) is 24.3 Å². The summed E-state index contributed by atoms with van der Waals surface area (Å²) in [6.45, 7) is 0.752. The van der Waals surface area contributed by atoms with Crippen LogP contribution in [0.4, 0.5) is 0 Å². The molecule has 1 aliphatic heterocycles. The molecule has 1 aromatic carbocycles.